The summed E-state index contributed by atoms with van der Waals surface area (Å²) in [6.07, 6.45) is 0.711. The summed E-state index contributed by atoms with van der Waals surface area (Å²) in [6.45, 7) is 4.79. The van der Waals surface area contributed by atoms with Crippen molar-refractivity contribution in [2.45, 2.75) is 32.2 Å². The van der Waals surface area contributed by atoms with Crippen LogP contribution in [0.15, 0.2) is 36.4 Å². The number of methoxy groups -OCH3 is 2. The van der Waals surface area contributed by atoms with Crippen molar-refractivity contribution in [3.63, 3.8) is 0 Å². The van der Waals surface area contributed by atoms with Gasteiger partial charge < -0.3 is 19.5 Å². The van der Waals surface area contributed by atoms with E-state index >= 15 is 0 Å². The van der Waals surface area contributed by atoms with Gasteiger partial charge in [0.25, 0.3) is 0 Å². The van der Waals surface area contributed by atoms with Crippen LogP contribution in [0.5, 0.6) is 11.5 Å². The number of amides is 1. The molecule has 6 heteroatoms. The molecule has 6 nitrogen and oxygen atoms in total. The highest BCUT2D eigenvalue weighted by molar-refractivity contribution is 5.89. The Morgan fingerprint density at radius 3 is 2.36 bits per heavy atom. The molecule has 2 aromatic rings. The van der Waals surface area contributed by atoms with Gasteiger partial charge in [0.1, 0.15) is 0 Å². The van der Waals surface area contributed by atoms with Gasteiger partial charge in [0.2, 0.25) is 5.91 Å². The Kier molecular flexibility index (Phi) is 5.31. The predicted molar refractivity (Wildman–Crippen MR) is 105 cm³/mol. The molecule has 0 saturated heterocycles. The van der Waals surface area contributed by atoms with E-state index in [4.69, 9.17) is 9.47 Å². The van der Waals surface area contributed by atoms with E-state index in [1.54, 1.807) is 37.3 Å². The zero-order chi connectivity index (χ0) is 20.5. The molecule has 1 aliphatic rings. The predicted octanol–water partition coefficient (Wildman–Crippen LogP) is 3.26. The lowest BCUT2D eigenvalue weighted by atomic mass is 9.82. The van der Waals surface area contributed by atoms with Gasteiger partial charge in [0.05, 0.1) is 25.2 Å². The second-order valence-corrected chi connectivity index (χ2v) is 7.46. The molecule has 0 fully saturated rings. The van der Waals surface area contributed by atoms with Crippen LogP contribution < -0.4 is 9.47 Å². The Morgan fingerprint density at radius 1 is 1.00 bits per heavy atom. The zero-order valence-electron chi connectivity index (χ0n) is 16.6. The lowest BCUT2D eigenvalue weighted by Crippen LogP contribution is -2.45. The molecule has 3 rings (SSSR count). The van der Waals surface area contributed by atoms with E-state index in [0.717, 1.165) is 16.7 Å². The first-order valence-electron chi connectivity index (χ1n) is 9.15. The fraction of sp³-hybridized carbons (Fsp3) is 0.364. The summed E-state index contributed by atoms with van der Waals surface area (Å²) in [4.78, 5) is 26.4. The van der Waals surface area contributed by atoms with Crippen LogP contribution in [-0.2, 0) is 23.2 Å². The van der Waals surface area contributed by atoms with Crippen molar-refractivity contribution in [1.82, 2.24) is 4.90 Å². The number of carboxylic acid groups (broad SMARTS) is 1. The van der Waals surface area contributed by atoms with Gasteiger partial charge >= 0.3 is 5.97 Å². The summed E-state index contributed by atoms with van der Waals surface area (Å²) in [7, 11) is 3.14. The first kappa shape index (κ1) is 19.7. The maximum Gasteiger partial charge on any atom is 0.335 e. The molecule has 1 aliphatic heterocycles. The molecule has 0 bridgehead atoms. The molecule has 1 amide bonds. The Bertz CT molecular complexity index is 919. The molecule has 0 saturated carbocycles. The Balaban J connectivity index is 1.87. The molecule has 28 heavy (non-hydrogen) atoms. The van der Waals surface area contributed by atoms with Gasteiger partial charge in [-0.15, -0.1) is 0 Å². The molecular formula is C22H25NO5. The van der Waals surface area contributed by atoms with Crippen molar-refractivity contribution < 1.29 is 24.2 Å². The summed E-state index contributed by atoms with van der Waals surface area (Å²) in [5.74, 6) is 0.224. The Morgan fingerprint density at radius 2 is 1.71 bits per heavy atom. The van der Waals surface area contributed by atoms with E-state index in [1.807, 2.05) is 32.0 Å². The number of ether oxygens (including phenoxy) is 2. The number of rotatable bonds is 5. The van der Waals surface area contributed by atoms with E-state index in [-0.39, 0.29) is 11.5 Å². The monoisotopic (exact) mass is 383 g/mol. The van der Waals surface area contributed by atoms with Crippen molar-refractivity contribution in [3.05, 3.63) is 58.7 Å². The molecule has 148 valence electrons. The van der Waals surface area contributed by atoms with Crippen molar-refractivity contribution in [3.8, 4) is 11.5 Å². The Labute approximate surface area is 164 Å². The minimum absolute atomic E-state index is 0.00824. The number of carbonyl (C=O) groups excluding carboxylic acids is 1. The summed E-state index contributed by atoms with van der Waals surface area (Å²) in [5, 5.41) is 9.23. The topological polar surface area (TPSA) is 76.1 Å². The van der Waals surface area contributed by atoms with E-state index in [0.29, 0.717) is 31.0 Å². The smallest absolute Gasteiger partial charge is 0.335 e. The molecule has 0 unspecified atom stereocenters. The number of aromatic carboxylic acids is 1. The maximum atomic E-state index is 13.3. The molecule has 0 aliphatic carbocycles. The third kappa shape index (κ3) is 3.54. The lowest BCUT2D eigenvalue weighted by Gasteiger charge is -2.35. The van der Waals surface area contributed by atoms with Crippen LogP contribution in [0.4, 0.5) is 0 Å². The Hall–Kier alpha value is -3.02. The number of benzene rings is 2. The summed E-state index contributed by atoms with van der Waals surface area (Å²) >= 11 is 0. The normalized spacial score (nSPS) is 13.6. The van der Waals surface area contributed by atoms with Crippen molar-refractivity contribution in [1.29, 1.82) is 0 Å². The third-order valence-corrected chi connectivity index (χ3v) is 5.39. The first-order chi connectivity index (χ1) is 13.3. The van der Waals surface area contributed by atoms with Crippen molar-refractivity contribution in [2.24, 2.45) is 0 Å². The number of carbonyl (C=O) groups is 2. The van der Waals surface area contributed by atoms with Crippen LogP contribution in [0.3, 0.4) is 0 Å². The first-order valence-corrected chi connectivity index (χ1v) is 9.15. The molecule has 2 aromatic carbocycles. The second kappa shape index (κ2) is 7.54. The highest BCUT2D eigenvalue weighted by atomic mass is 16.5. The van der Waals surface area contributed by atoms with Crippen molar-refractivity contribution >= 4 is 11.9 Å². The minimum Gasteiger partial charge on any atom is -0.493 e. The lowest BCUT2D eigenvalue weighted by molar-refractivity contribution is -0.137. The number of hydrogen-bond donors (Lipinski definition) is 1. The highest BCUT2D eigenvalue weighted by Gasteiger charge is 2.35. The average molecular weight is 383 g/mol. The van der Waals surface area contributed by atoms with E-state index < -0.39 is 11.4 Å². The molecule has 1 heterocycles. The van der Waals surface area contributed by atoms with Gasteiger partial charge in [-0.1, -0.05) is 12.1 Å². The van der Waals surface area contributed by atoms with Crippen LogP contribution in [-0.4, -0.2) is 42.6 Å². The number of fused-ring (bicyclic) bond motifs is 1. The average Bonchev–Trinajstić information content (AvgIpc) is 2.71. The fourth-order valence-electron chi connectivity index (χ4n) is 3.61. The fourth-order valence-corrected chi connectivity index (χ4v) is 3.61. The number of carboxylic acids is 1. The molecule has 1 N–H and O–H groups in total. The van der Waals surface area contributed by atoms with E-state index in [9.17, 15) is 14.7 Å². The van der Waals surface area contributed by atoms with E-state index in [1.165, 1.54) is 0 Å². The van der Waals surface area contributed by atoms with Crippen LogP contribution in [0.25, 0.3) is 0 Å². The van der Waals surface area contributed by atoms with Gasteiger partial charge in [-0.25, -0.2) is 4.79 Å². The van der Waals surface area contributed by atoms with Crippen LogP contribution in [0.1, 0.15) is 40.9 Å². The zero-order valence-corrected chi connectivity index (χ0v) is 16.6. The van der Waals surface area contributed by atoms with Gasteiger partial charge in [-0.2, -0.15) is 0 Å². The summed E-state index contributed by atoms with van der Waals surface area (Å²) < 4.78 is 10.7. The minimum atomic E-state index is -0.961. The van der Waals surface area contributed by atoms with E-state index in [2.05, 4.69) is 0 Å². The van der Waals surface area contributed by atoms with Gasteiger partial charge in [0, 0.05) is 13.1 Å². The quantitative estimate of drug-likeness (QED) is 0.858. The largest absolute Gasteiger partial charge is 0.493 e. The standard InChI is InChI=1S/C22H25NO5/c1-22(2,17-7-8-18(27-3)19(12-17)28-4)21(26)23-10-9-14-5-6-15(20(24)25)11-16(14)13-23/h5-8,11-12H,9-10,13H2,1-4H3,(H,24,25). The second-order valence-electron chi connectivity index (χ2n) is 7.46. The maximum absolute atomic E-state index is 13.3. The molecule has 0 atom stereocenters. The van der Waals surface area contributed by atoms with Crippen LogP contribution in [0.2, 0.25) is 0 Å². The SMILES string of the molecule is COc1ccc(C(C)(C)C(=O)N2CCc3ccc(C(=O)O)cc3C2)cc1OC. The molecule has 0 spiro atoms. The van der Waals surface area contributed by atoms with Crippen LogP contribution in [0, 0.1) is 0 Å². The van der Waals surface area contributed by atoms with Gasteiger partial charge in [-0.3, -0.25) is 4.79 Å². The highest BCUT2D eigenvalue weighted by Crippen LogP contribution is 2.35. The summed E-state index contributed by atoms with van der Waals surface area (Å²) in [5.41, 5.74) is 2.30. The number of hydrogen-bond acceptors (Lipinski definition) is 4. The molecule has 0 aromatic heterocycles. The van der Waals surface area contributed by atoms with Gasteiger partial charge in [-0.05, 0) is 61.2 Å². The third-order valence-electron chi connectivity index (χ3n) is 5.39. The number of nitrogens with zero attached hydrogens (tertiary/aromatic N) is 1. The summed E-state index contributed by atoms with van der Waals surface area (Å²) in [6, 6.07) is 10.6. The van der Waals surface area contributed by atoms with Gasteiger partial charge in [0.15, 0.2) is 11.5 Å². The molecule has 0 radical (unpaired) electrons. The van der Waals surface area contributed by atoms with Crippen LogP contribution >= 0.6 is 0 Å². The van der Waals surface area contributed by atoms with Crippen molar-refractivity contribution in [2.75, 3.05) is 20.8 Å². The molecular weight excluding hydrogens is 358 g/mol.